The molecule has 0 atom stereocenters. The van der Waals surface area contributed by atoms with Gasteiger partial charge in [-0.3, -0.25) is 4.79 Å². The van der Waals surface area contributed by atoms with E-state index < -0.39 is 24.9 Å². The van der Waals surface area contributed by atoms with Gasteiger partial charge in [0.1, 0.15) is 0 Å². The predicted octanol–water partition coefficient (Wildman–Crippen LogP) is 1.73. The average molecular weight is 260 g/mol. The summed E-state index contributed by atoms with van der Waals surface area (Å²) in [5.74, 6) is -3.58. The van der Waals surface area contributed by atoms with Gasteiger partial charge >= 0.3 is 0 Å². The van der Waals surface area contributed by atoms with Crippen LogP contribution in [0.5, 0.6) is 0 Å². The Balaban J connectivity index is 2.58. The number of rotatable bonds is 5. The Labute approximate surface area is 103 Å². The standard InChI is InChI=1S/C11H14F2N2OS/c1-17-9-4-2-8(3-5-9)10(16)15-7-11(12,13)6-14/h2-5H,6-7,14H2,1H3,(H,15,16). The van der Waals surface area contributed by atoms with Gasteiger partial charge in [0.15, 0.2) is 0 Å². The van der Waals surface area contributed by atoms with Crippen LogP contribution in [0.1, 0.15) is 10.4 Å². The van der Waals surface area contributed by atoms with Gasteiger partial charge in [0.2, 0.25) is 0 Å². The number of hydrogen-bond donors (Lipinski definition) is 2. The largest absolute Gasteiger partial charge is 0.346 e. The van der Waals surface area contributed by atoms with Gasteiger partial charge in [-0.25, -0.2) is 8.78 Å². The number of hydrogen-bond acceptors (Lipinski definition) is 3. The molecule has 0 saturated carbocycles. The van der Waals surface area contributed by atoms with Gasteiger partial charge < -0.3 is 11.1 Å². The second-order valence-corrected chi connectivity index (χ2v) is 4.35. The average Bonchev–Trinajstić information content (AvgIpc) is 2.36. The highest BCUT2D eigenvalue weighted by atomic mass is 32.2. The number of carbonyl (C=O) groups excluding carboxylic acids is 1. The lowest BCUT2D eigenvalue weighted by atomic mass is 10.2. The molecule has 1 aromatic rings. The molecule has 0 radical (unpaired) electrons. The van der Waals surface area contributed by atoms with Crippen molar-refractivity contribution in [3.63, 3.8) is 0 Å². The molecule has 0 heterocycles. The van der Waals surface area contributed by atoms with Crippen LogP contribution in [0, 0.1) is 0 Å². The summed E-state index contributed by atoms with van der Waals surface area (Å²) in [6, 6.07) is 6.73. The van der Waals surface area contributed by atoms with Crippen LogP contribution in [0.3, 0.4) is 0 Å². The highest BCUT2D eigenvalue weighted by Gasteiger charge is 2.27. The summed E-state index contributed by atoms with van der Waals surface area (Å²) in [6.45, 7) is -1.52. The Morgan fingerprint density at radius 2 is 2.00 bits per heavy atom. The number of carbonyl (C=O) groups is 1. The maximum atomic E-state index is 12.8. The summed E-state index contributed by atoms with van der Waals surface area (Å²) in [6.07, 6.45) is 1.91. The Morgan fingerprint density at radius 1 is 1.41 bits per heavy atom. The first-order chi connectivity index (χ1) is 7.98. The van der Waals surface area contributed by atoms with E-state index in [-0.39, 0.29) is 0 Å². The van der Waals surface area contributed by atoms with Crippen molar-refractivity contribution < 1.29 is 13.6 Å². The molecule has 6 heteroatoms. The molecule has 1 amide bonds. The molecule has 3 nitrogen and oxygen atoms in total. The fourth-order valence-corrected chi connectivity index (χ4v) is 1.53. The summed E-state index contributed by atoms with van der Waals surface area (Å²) in [5, 5.41) is 2.15. The lowest BCUT2D eigenvalue weighted by Gasteiger charge is -2.14. The Kier molecular flexibility index (Phi) is 4.89. The molecule has 0 bridgehead atoms. The summed E-state index contributed by atoms with van der Waals surface area (Å²) < 4.78 is 25.6. The zero-order valence-corrected chi connectivity index (χ0v) is 10.2. The first-order valence-corrected chi connectivity index (χ1v) is 6.21. The fourth-order valence-electron chi connectivity index (χ4n) is 1.13. The smallest absolute Gasteiger partial charge is 0.277 e. The minimum absolute atomic E-state index is 0.357. The summed E-state index contributed by atoms with van der Waals surface area (Å²) in [7, 11) is 0. The second-order valence-electron chi connectivity index (χ2n) is 3.47. The van der Waals surface area contributed by atoms with Crippen molar-refractivity contribution in [2.24, 2.45) is 5.73 Å². The Bertz CT molecular complexity index is 382. The molecule has 1 rings (SSSR count). The van der Waals surface area contributed by atoms with Gasteiger partial charge in [-0.1, -0.05) is 0 Å². The highest BCUT2D eigenvalue weighted by Crippen LogP contribution is 2.15. The van der Waals surface area contributed by atoms with E-state index in [1.807, 2.05) is 6.26 Å². The zero-order chi connectivity index (χ0) is 12.9. The van der Waals surface area contributed by atoms with Gasteiger partial charge in [0.05, 0.1) is 13.1 Å². The third-order valence-corrected chi connectivity index (χ3v) is 2.90. The van der Waals surface area contributed by atoms with E-state index in [0.29, 0.717) is 5.56 Å². The third-order valence-electron chi connectivity index (χ3n) is 2.16. The quantitative estimate of drug-likeness (QED) is 0.793. The number of nitrogens with two attached hydrogens (primary N) is 1. The van der Waals surface area contributed by atoms with Crippen LogP contribution in [0.15, 0.2) is 29.2 Å². The number of alkyl halides is 2. The number of benzene rings is 1. The number of nitrogens with one attached hydrogen (secondary N) is 1. The number of thioether (sulfide) groups is 1. The van der Waals surface area contributed by atoms with Gasteiger partial charge in [0.25, 0.3) is 11.8 Å². The Hall–Kier alpha value is -1.14. The van der Waals surface area contributed by atoms with Gasteiger partial charge in [-0.15, -0.1) is 11.8 Å². The van der Waals surface area contributed by atoms with Crippen LogP contribution < -0.4 is 11.1 Å². The van der Waals surface area contributed by atoms with Crippen molar-refractivity contribution in [2.45, 2.75) is 10.8 Å². The van der Waals surface area contributed by atoms with Crippen LogP contribution in [0.2, 0.25) is 0 Å². The summed E-state index contributed by atoms with van der Waals surface area (Å²) >= 11 is 1.54. The van der Waals surface area contributed by atoms with Crippen LogP contribution in [0.25, 0.3) is 0 Å². The van der Waals surface area contributed by atoms with E-state index in [0.717, 1.165) is 4.90 Å². The van der Waals surface area contributed by atoms with Gasteiger partial charge in [-0.2, -0.15) is 0 Å². The van der Waals surface area contributed by atoms with E-state index in [9.17, 15) is 13.6 Å². The Morgan fingerprint density at radius 3 is 2.47 bits per heavy atom. The molecule has 3 N–H and O–H groups in total. The SMILES string of the molecule is CSc1ccc(C(=O)NCC(F)(F)CN)cc1. The molecule has 1 aromatic carbocycles. The number of amides is 1. The molecule has 0 spiro atoms. The predicted molar refractivity (Wildman–Crippen MR) is 64.6 cm³/mol. The van der Waals surface area contributed by atoms with E-state index in [1.54, 1.807) is 36.0 Å². The summed E-state index contributed by atoms with van der Waals surface area (Å²) in [5.41, 5.74) is 5.22. The zero-order valence-electron chi connectivity index (χ0n) is 9.37. The first kappa shape index (κ1) is 13.9. The van der Waals surface area contributed by atoms with Crippen LogP contribution in [-0.4, -0.2) is 31.2 Å². The van der Waals surface area contributed by atoms with Crippen molar-refractivity contribution in [3.8, 4) is 0 Å². The molecule has 0 aliphatic carbocycles. The minimum atomic E-state index is -3.06. The molecular formula is C11H14F2N2OS. The monoisotopic (exact) mass is 260 g/mol. The van der Waals surface area contributed by atoms with Crippen molar-refractivity contribution in [2.75, 3.05) is 19.3 Å². The third kappa shape index (κ3) is 4.32. The maximum absolute atomic E-state index is 12.8. The van der Waals surface area contributed by atoms with E-state index in [1.165, 1.54) is 0 Å². The first-order valence-electron chi connectivity index (χ1n) is 4.98. The maximum Gasteiger partial charge on any atom is 0.277 e. The second kappa shape index (κ2) is 5.97. The normalized spacial score (nSPS) is 11.3. The van der Waals surface area contributed by atoms with Gasteiger partial charge in [-0.05, 0) is 30.5 Å². The van der Waals surface area contributed by atoms with Crippen molar-refractivity contribution >= 4 is 17.7 Å². The topological polar surface area (TPSA) is 55.1 Å². The van der Waals surface area contributed by atoms with E-state index in [2.05, 4.69) is 5.32 Å². The van der Waals surface area contributed by atoms with E-state index in [4.69, 9.17) is 5.73 Å². The molecule has 0 aliphatic heterocycles. The molecule has 94 valence electrons. The van der Waals surface area contributed by atoms with Crippen LogP contribution in [-0.2, 0) is 0 Å². The molecule has 0 unspecified atom stereocenters. The molecule has 0 aliphatic rings. The molecule has 0 saturated heterocycles. The van der Waals surface area contributed by atoms with Crippen molar-refractivity contribution in [1.82, 2.24) is 5.32 Å². The summed E-state index contributed by atoms with van der Waals surface area (Å²) in [4.78, 5) is 12.5. The lowest BCUT2D eigenvalue weighted by Crippen LogP contribution is -2.41. The highest BCUT2D eigenvalue weighted by molar-refractivity contribution is 7.98. The van der Waals surface area contributed by atoms with E-state index >= 15 is 0 Å². The molecule has 0 aromatic heterocycles. The van der Waals surface area contributed by atoms with Crippen LogP contribution >= 0.6 is 11.8 Å². The fraction of sp³-hybridized carbons (Fsp3) is 0.364. The number of halogens is 2. The van der Waals surface area contributed by atoms with Gasteiger partial charge in [0, 0.05) is 10.5 Å². The molecule has 0 fully saturated rings. The van der Waals surface area contributed by atoms with Crippen molar-refractivity contribution in [1.29, 1.82) is 0 Å². The van der Waals surface area contributed by atoms with Crippen LogP contribution in [0.4, 0.5) is 8.78 Å². The molecular weight excluding hydrogens is 246 g/mol. The van der Waals surface area contributed by atoms with Crippen molar-refractivity contribution in [3.05, 3.63) is 29.8 Å². The minimum Gasteiger partial charge on any atom is -0.346 e. The molecule has 17 heavy (non-hydrogen) atoms. The lowest BCUT2D eigenvalue weighted by molar-refractivity contribution is 0.0118.